The van der Waals surface area contributed by atoms with Crippen molar-refractivity contribution in [3.63, 3.8) is 0 Å². The summed E-state index contributed by atoms with van der Waals surface area (Å²) in [6.07, 6.45) is 2.98. The highest BCUT2D eigenvalue weighted by Crippen LogP contribution is 2.41. The van der Waals surface area contributed by atoms with Gasteiger partial charge in [-0.25, -0.2) is 4.39 Å². The van der Waals surface area contributed by atoms with Gasteiger partial charge in [0.2, 0.25) is 0 Å². The first-order chi connectivity index (χ1) is 5.22. The molecule has 3 heteroatoms. The van der Waals surface area contributed by atoms with Crippen LogP contribution in [0.3, 0.4) is 0 Å². The van der Waals surface area contributed by atoms with Gasteiger partial charge in [0.1, 0.15) is 0 Å². The predicted octanol–water partition coefficient (Wildman–Crippen LogP) is 1.11. The second kappa shape index (κ2) is 2.19. The quantitative estimate of drug-likeness (QED) is 0.558. The lowest BCUT2D eigenvalue weighted by Gasteiger charge is -2.16. The highest BCUT2D eigenvalue weighted by Gasteiger charge is 2.52. The van der Waals surface area contributed by atoms with E-state index in [1.165, 1.54) is 0 Å². The summed E-state index contributed by atoms with van der Waals surface area (Å²) in [6, 6.07) is 0. The van der Waals surface area contributed by atoms with E-state index in [1.807, 2.05) is 0 Å². The van der Waals surface area contributed by atoms with Crippen LogP contribution in [0.25, 0.3) is 0 Å². The SMILES string of the molecule is O=C(N1CCCC1)C1(F)CC1. The van der Waals surface area contributed by atoms with Gasteiger partial charge in [-0.3, -0.25) is 4.79 Å². The predicted molar refractivity (Wildman–Crippen MR) is 38.9 cm³/mol. The molecule has 2 nitrogen and oxygen atoms in total. The Bertz CT molecular complexity index is 183. The summed E-state index contributed by atoms with van der Waals surface area (Å²) in [5, 5.41) is 0. The van der Waals surface area contributed by atoms with Gasteiger partial charge in [-0.15, -0.1) is 0 Å². The van der Waals surface area contributed by atoms with Crippen LogP contribution in [0.15, 0.2) is 0 Å². The number of hydrogen-bond donors (Lipinski definition) is 0. The van der Waals surface area contributed by atoms with Crippen LogP contribution < -0.4 is 0 Å². The van der Waals surface area contributed by atoms with Crippen molar-refractivity contribution >= 4 is 5.91 Å². The van der Waals surface area contributed by atoms with Crippen molar-refractivity contribution in [1.82, 2.24) is 4.90 Å². The molecule has 0 aromatic rings. The molecule has 11 heavy (non-hydrogen) atoms. The fourth-order valence-corrected chi connectivity index (χ4v) is 1.53. The molecular weight excluding hydrogens is 145 g/mol. The molecule has 2 fully saturated rings. The number of likely N-dealkylation sites (tertiary alicyclic amines) is 1. The Hall–Kier alpha value is -0.600. The Balaban J connectivity index is 1.98. The third kappa shape index (κ3) is 1.12. The first kappa shape index (κ1) is 7.07. The van der Waals surface area contributed by atoms with Crippen LogP contribution in [0.4, 0.5) is 4.39 Å². The van der Waals surface area contributed by atoms with Crippen LogP contribution in [-0.4, -0.2) is 29.6 Å². The summed E-state index contributed by atoms with van der Waals surface area (Å²) in [7, 11) is 0. The molecule has 0 unspecified atom stereocenters. The molecule has 0 aromatic heterocycles. The molecule has 1 aliphatic carbocycles. The first-order valence-electron chi connectivity index (χ1n) is 4.21. The normalized spacial score (nSPS) is 27.2. The van der Waals surface area contributed by atoms with Crippen LogP contribution in [0.2, 0.25) is 0 Å². The molecule has 2 rings (SSSR count). The van der Waals surface area contributed by atoms with Crippen LogP contribution in [0.1, 0.15) is 25.7 Å². The lowest BCUT2D eigenvalue weighted by molar-refractivity contribution is -0.137. The minimum atomic E-state index is -1.44. The summed E-state index contributed by atoms with van der Waals surface area (Å²) >= 11 is 0. The van der Waals surface area contributed by atoms with Gasteiger partial charge in [-0.2, -0.15) is 0 Å². The number of carbonyl (C=O) groups excluding carboxylic acids is 1. The summed E-state index contributed by atoms with van der Waals surface area (Å²) < 4.78 is 13.2. The van der Waals surface area contributed by atoms with Crippen molar-refractivity contribution in [3.05, 3.63) is 0 Å². The van der Waals surface area contributed by atoms with Gasteiger partial charge in [-0.1, -0.05) is 0 Å². The van der Waals surface area contributed by atoms with Crippen molar-refractivity contribution in [1.29, 1.82) is 0 Å². The van der Waals surface area contributed by atoms with E-state index < -0.39 is 5.67 Å². The number of amides is 1. The Labute approximate surface area is 65.4 Å². The molecular formula is C8H12FNO. The first-order valence-corrected chi connectivity index (χ1v) is 4.21. The minimum Gasteiger partial charge on any atom is -0.340 e. The van der Waals surface area contributed by atoms with E-state index in [0.717, 1.165) is 25.9 Å². The molecule has 2 aliphatic rings. The zero-order valence-corrected chi connectivity index (χ0v) is 6.48. The number of carbonyl (C=O) groups is 1. The van der Waals surface area contributed by atoms with Crippen molar-refractivity contribution < 1.29 is 9.18 Å². The van der Waals surface area contributed by atoms with E-state index in [0.29, 0.717) is 12.8 Å². The standard InChI is InChI=1S/C8H12FNO/c9-8(3-4-8)7(11)10-5-1-2-6-10/h1-6H2. The Morgan fingerprint density at radius 1 is 1.27 bits per heavy atom. The largest absolute Gasteiger partial charge is 0.340 e. The highest BCUT2D eigenvalue weighted by atomic mass is 19.1. The third-order valence-electron chi connectivity index (χ3n) is 2.47. The fourth-order valence-electron chi connectivity index (χ4n) is 1.53. The summed E-state index contributed by atoms with van der Waals surface area (Å²) in [6.45, 7) is 1.54. The Morgan fingerprint density at radius 2 is 1.82 bits per heavy atom. The van der Waals surface area contributed by atoms with Crippen LogP contribution in [0, 0.1) is 0 Å². The molecule has 1 amide bonds. The molecule has 1 saturated carbocycles. The van der Waals surface area contributed by atoms with Crippen molar-refractivity contribution in [2.24, 2.45) is 0 Å². The molecule has 0 radical (unpaired) electrons. The van der Waals surface area contributed by atoms with E-state index in [4.69, 9.17) is 0 Å². The van der Waals surface area contributed by atoms with Crippen molar-refractivity contribution in [2.45, 2.75) is 31.4 Å². The number of rotatable bonds is 1. The number of halogens is 1. The van der Waals surface area contributed by atoms with Gasteiger partial charge >= 0.3 is 0 Å². The average Bonchev–Trinajstić information content (AvgIpc) is 2.54. The minimum absolute atomic E-state index is 0.255. The smallest absolute Gasteiger partial charge is 0.260 e. The van der Waals surface area contributed by atoms with E-state index in [2.05, 4.69) is 0 Å². The molecule has 0 N–H and O–H groups in total. The van der Waals surface area contributed by atoms with Gasteiger partial charge in [0.15, 0.2) is 5.67 Å². The fraction of sp³-hybridized carbons (Fsp3) is 0.875. The van der Waals surface area contributed by atoms with Gasteiger partial charge in [0.05, 0.1) is 0 Å². The highest BCUT2D eigenvalue weighted by molar-refractivity contribution is 5.88. The van der Waals surface area contributed by atoms with Crippen LogP contribution in [-0.2, 0) is 4.79 Å². The Morgan fingerprint density at radius 3 is 2.27 bits per heavy atom. The average molecular weight is 157 g/mol. The molecule has 1 saturated heterocycles. The number of nitrogens with zero attached hydrogens (tertiary/aromatic N) is 1. The Kier molecular flexibility index (Phi) is 1.41. The molecule has 0 aromatic carbocycles. The van der Waals surface area contributed by atoms with E-state index in [9.17, 15) is 9.18 Å². The van der Waals surface area contributed by atoms with E-state index in [1.54, 1.807) is 4.90 Å². The third-order valence-corrected chi connectivity index (χ3v) is 2.47. The molecule has 62 valence electrons. The molecule has 0 bridgehead atoms. The second-order valence-corrected chi connectivity index (χ2v) is 3.46. The van der Waals surface area contributed by atoms with E-state index in [-0.39, 0.29) is 5.91 Å². The second-order valence-electron chi connectivity index (χ2n) is 3.46. The van der Waals surface area contributed by atoms with Crippen molar-refractivity contribution in [3.8, 4) is 0 Å². The lowest BCUT2D eigenvalue weighted by atomic mass is 10.3. The lowest BCUT2D eigenvalue weighted by Crippen LogP contribution is -2.36. The van der Waals surface area contributed by atoms with E-state index >= 15 is 0 Å². The maximum atomic E-state index is 13.2. The van der Waals surface area contributed by atoms with Gasteiger partial charge in [0.25, 0.3) is 5.91 Å². The van der Waals surface area contributed by atoms with Gasteiger partial charge in [0, 0.05) is 13.1 Å². The van der Waals surface area contributed by atoms with Crippen LogP contribution in [0.5, 0.6) is 0 Å². The maximum absolute atomic E-state index is 13.2. The summed E-state index contributed by atoms with van der Waals surface area (Å²) in [5.74, 6) is -0.255. The van der Waals surface area contributed by atoms with Gasteiger partial charge < -0.3 is 4.90 Å². The van der Waals surface area contributed by atoms with Crippen LogP contribution >= 0.6 is 0 Å². The summed E-state index contributed by atoms with van der Waals surface area (Å²) in [5.41, 5.74) is -1.44. The topological polar surface area (TPSA) is 20.3 Å². The maximum Gasteiger partial charge on any atom is 0.260 e. The monoisotopic (exact) mass is 157 g/mol. The summed E-state index contributed by atoms with van der Waals surface area (Å²) in [4.78, 5) is 12.9. The molecule has 0 atom stereocenters. The van der Waals surface area contributed by atoms with Crippen molar-refractivity contribution in [2.75, 3.05) is 13.1 Å². The number of hydrogen-bond acceptors (Lipinski definition) is 1. The number of alkyl halides is 1. The molecule has 1 aliphatic heterocycles. The molecule has 0 spiro atoms. The zero-order valence-electron chi connectivity index (χ0n) is 6.48. The van der Waals surface area contributed by atoms with Gasteiger partial charge in [-0.05, 0) is 25.7 Å². The molecule has 1 heterocycles. The zero-order chi connectivity index (χ0) is 7.90.